The van der Waals surface area contributed by atoms with E-state index < -0.39 is 17.9 Å². The predicted octanol–water partition coefficient (Wildman–Crippen LogP) is 7.38. The van der Waals surface area contributed by atoms with Crippen molar-refractivity contribution in [3.8, 4) is 5.75 Å². The van der Waals surface area contributed by atoms with Crippen LogP contribution >= 0.6 is 0 Å². The largest absolute Gasteiger partial charge is 0.493 e. The lowest BCUT2D eigenvalue weighted by molar-refractivity contribution is -0.138. The molecule has 2 saturated carbocycles. The molecule has 0 atom stereocenters. The number of carbonyl (C=O) groups excluding carboxylic acids is 4. The van der Waals surface area contributed by atoms with Crippen LogP contribution in [0.15, 0.2) is 43.5 Å². The second-order valence-corrected chi connectivity index (χ2v) is 12.4. The van der Waals surface area contributed by atoms with E-state index in [1.807, 2.05) is 6.07 Å². The lowest BCUT2D eigenvalue weighted by Gasteiger charge is -2.37. The van der Waals surface area contributed by atoms with Crippen LogP contribution in [-0.4, -0.2) is 50.1 Å². The van der Waals surface area contributed by atoms with Crippen molar-refractivity contribution in [1.29, 1.82) is 0 Å². The maximum absolute atomic E-state index is 13.4. The van der Waals surface area contributed by atoms with E-state index in [0.29, 0.717) is 38.0 Å². The van der Waals surface area contributed by atoms with E-state index in [4.69, 9.17) is 18.9 Å². The summed E-state index contributed by atoms with van der Waals surface area (Å²) >= 11 is 0. The normalized spacial score (nSPS) is 21.3. The fraction of sp³-hybridized carbons (Fsp3) is 0.622. The van der Waals surface area contributed by atoms with Crippen molar-refractivity contribution in [2.75, 3.05) is 26.4 Å². The number of ether oxygens (including phenoxy) is 4. The minimum atomic E-state index is -0.527. The molecule has 1 aromatic rings. The van der Waals surface area contributed by atoms with Crippen LogP contribution in [0.5, 0.6) is 5.75 Å². The summed E-state index contributed by atoms with van der Waals surface area (Å²) in [5.41, 5.74) is 1.05. The Bertz CT molecular complexity index is 1130. The van der Waals surface area contributed by atoms with E-state index in [1.165, 1.54) is 32.1 Å². The fourth-order valence-electron chi connectivity index (χ4n) is 6.59. The summed E-state index contributed by atoms with van der Waals surface area (Å²) in [6.45, 7) is 10.0. The highest BCUT2D eigenvalue weighted by Gasteiger charge is 2.32. The van der Waals surface area contributed by atoms with Gasteiger partial charge in [-0.25, -0.2) is 14.4 Å². The van der Waals surface area contributed by atoms with E-state index in [9.17, 15) is 19.2 Å². The van der Waals surface area contributed by atoms with Crippen molar-refractivity contribution in [1.82, 2.24) is 0 Å². The highest BCUT2D eigenvalue weighted by molar-refractivity contribution is 5.93. The minimum Gasteiger partial charge on any atom is -0.493 e. The number of unbranched alkanes of at least 4 members (excludes halogenated alkanes) is 2. The van der Waals surface area contributed by atoms with Gasteiger partial charge in [-0.2, -0.15) is 0 Å². The molecule has 0 saturated heterocycles. The Labute approximate surface area is 268 Å². The summed E-state index contributed by atoms with van der Waals surface area (Å²) in [6.07, 6.45) is 15.7. The number of hydrogen-bond acceptors (Lipinski definition) is 8. The zero-order valence-corrected chi connectivity index (χ0v) is 27.1. The lowest BCUT2D eigenvalue weighted by Crippen LogP contribution is -2.29. The Morgan fingerprint density at radius 3 is 1.82 bits per heavy atom. The van der Waals surface area contributed by atoms with Crippen molar-refractivity contribution < 1.29 is 38.1 Å². The van der Waals surface area contributed by atoms with Gasteiger partial charge in [0.2, 0.25) is 0 Å². The summed E-state index contributed by atoms with van der Waals surface area (Å²) in [5.74, 6) is 1.71. The standard InChI is InChI=1S/C37H52O8/c1-4-27-11-14-29(15-12-27)30-16-18-31(19-17-30)33(38)26-28-13-20-34(42-21-7-8-22-43-35(39)5-2)32(25-28)37(41)45-24-10-9-23-44-36(40)6-3/h5-6,13,20,25,27,29-31H,2-4,7-12,14-19,21-24,26H2,1H3. The Kier molecular flexibility index (Phi) is 15.9. The van der Waals surface area contributed by atoms with Crippen LogP contribution in [0.3, 0.4) is 0 Å². The third-order valence-electron chi connectivity index (χ3n) is 9.39. The van der Waals surface area contributed by atoms with Crippen molar-refractivity contribution in [2.45, 2.75) is 96.8 Å². The van der Waals surface area contributed by atoms with E-state index in [-0.39, 0.29) is 43.5 Å². The van der Waals surface area contributed by atoms with Gasteiger partial charge in [0.1, 0.15) is 17.1 Å². The molecule has 0 aromatic heterocycles. The molecule has 0 spiro atoms. The topological polar surface area (TPSA) is 105 Å². The molecule has 248 valence electrons. The molecule has 3 rings (SSSR count). The number of esters is 3. The van der Waals surface area contributed by atoms with Gasteiger partial charge in [-0.15, -0.1) is 0 Å². The highest BCUT2D eigenvalue weighted by atomic mass is 16.5. The van der Waals surface area contributed by atoms with Crippen molar-refractivity contribution in [3.63, 3.8) is 0 Å². The molecule has 0 aliphatic heterocycles. The third-order valence-corrected chi connectivity index (χ3v) is 9.39. The van der Waals surface area contributed by atoms with Crippen LogP contribution in [0.4, 0.5) is 0 Å². The van der Waals surface area contributed by atoms with Crippen molar-refractivity contribution >= 4 is 23.7 Å². The molecule has 0 radical (unpaired) electrons. The van der Waals surface area contributed by atoms with Crippen LogP contribution in [0.1, 0.15) is 106 Å². The van der Waals surface area contributed by atoms with Crippen LogP contribution in [0.2, 0.25) is 0 Å². The highest BCUT2D eigenvalue weighted by Crippen LogP contribution is 2.42. The van der Waals surface area contributed by atoms with Gasteiger partial charge in [0.05, 0.1) is 26.4 Å². The van der Waals surface area contributed by atoms with Gasteiger partial charge >= 0.3 is 17.9 Å². The summed E-state index contributed by atoms with van der Waals surface area (Å²) in [5, 5.41) is 0. The number of Topliss-reactive ketones (excluding diaryl/α,β-unsaturated/α-hetero) is 1. The monoisotopic (exact) mass is 624 g/mol. The molecule has 8 nitrogen and oxygen atoms in total. The fourth-order valence-corrected chi connectivity index (χ4v) is 6.59. The van der Waals surface area contributed by atoms with E-state index in [0.717, 1.165) is 61.2 Å². The summed E-state index contributed by atoms with van der Waals surface area (Å²) in [6, 6.07) is 5.29. The van der Waals surface area contributed by atoms with Gasteiger partial charge in [0.25, 0.3) is 0 Å². The van der Waals surface area contributed by atoms with Gasteiger partial charge in [-0.05, 0) is 99.7 Å². The molecule has 8 heteroatoms. The smallest absolute Gasteiger partial charge is 0.341 e. The van der Waals surface area contributed by atoms with Gasteiger partial charge < -0.3 is 18.9 Å². The van der Waals surface area contributed by atoms with Crippen molar-refractivity contribution in [3.05, 3.63) is 54.6 Å². The molecule has 0 bridgehead atoms. The summed E-state index contributed by atoms with van der Waals surface area (Å²) in [4.78, 5) is 48.9. The SMILES string of the molecule is C=CC(=O)OCCCCOC(=O)c1cc(CC(=O)C2CCC(C3CCC(CC)CC3)CC2)ccc1OCCCCOC(=O)C=C. The summed E-state index contributed by atoms with van der Waals surface area (Å²) < 4.78 is 21.4. The Balaban J connectivity index is 1.53. The maximum atomic E-state index is 13.4. The van der Waals surface area contributed by atoms with E-state index in [1.54, 1.807) is 12.1 Å². The summed E-state index contributed by atoms with van der Waals surface area (Å²) in [7, 11) is 0. The number of rotatable bonds is 19. The van der Waals surface area contributed by atoms with Gasteiger partial charge in [0.15, 0.2) is 0 Å². The number of hydrogen-bond donors (Lipinski definition) is 0. The van der Waals surface area contributed by atoms with E-state index >= 15 is 0 Å². The maximum Gasteiger partial charge on any atom is 0.341 e. The molecule has 2 fully saturated rings. The van der Waals surface area contributed by atoms with Crippen LogP contribution in [-0.2, 0) is 35.0 Å². The minimum absolute atomic E-state index is 0.0740. The first-order valence-corrected chi connectivity index (χ1v) is 16.9. The lowest BCUT2D eigenvalue weighted by atomic mass is 9.68. The molecular formula is C37H52O8. The molecule has 0 unspecified atom stereocenters. The van der Waals surface area contributed by atoms with Gasteiger partial charge in [-0.1, -0.05) is 45.4 Å². The van der Waals surface area contributed by atoms with Crippen LogP contribution in [0, 0.1) is 23.7 Å². The number of ketones is 1. The Morgan fingerprint density at radius 1 is 0.733 bits per heavy atom. The average Bonchev–Trinajstić information content (AvgIpc) is 3.07. The number of benzene rings is 1. The van der Waals surface area contributed by atoms with Gasteiger partial charge in [-0.3, -0.25) is 4.79 Å². The number of carbonyl (C=O) groups is 4. The van der Waals surface area contributed by atoms with E-state index in [2.05, 4.69) is 20.1 Å². The van der Waals surface area contributed by atoms with Gasteiger partial charge in [0, 0.05) is 24.5 Å². The van der Waals surface area contributed by atoms with Crippen LogP contribution < -0.4 is 4.74 Å². The quantitative estimate of drug-likeness (QED) is 0.0680. The molecule has 2 aliphatic carbocycles. The predicted molar refractivity (Wildman–Crippen MR) is 173 cm³/mol. The molecule has 2 aliphatic rings. The first kappa shape index (κ1) is 36.1. The van der Waals surface area contributed by atoms with Crippen molar-refractivity contribution in [2.24, 2.45) is 23.7 Å². The third kappa shape index (κ3) is 12.5. The molecule has 1 aromatic carbocycles. The zero-order chi connectivity index (χ0) is 32.4. The molecule has 0 heterocycles. The second-order valence-electron chi connectivity index (χ2n) is 12.4. The van der Waals surface area contributed by atoms with Crippen LogP contribution in [0.25, 0.3) is 0 Å². The molecular weight excluding hydrogens is 572 g/mol. The Morgan fingerprint density at radius 2 is 1.27 bits per heavy atom. The first-order valence-electron chi connectivity index (χ1n) is 16.9. The average molecular weight is 625 g/mol. The second kappa shape index (κ2) is 19.9. The first-order chi connectivity index (χ1) is 21.8. The molecule has 0 amide bonds. The molecule has 0 N–H and O–H groups in total. The Hall–Kier alpha value is -3.42. The molecule has 45 heavy (non-hydrogen) atoms. The zero-order valence-electron chi connectivity index (χ0n) is 27.1.